The van der Waals surface area contributed by atoms with Gasteiger partial charge in [0.05, 0.1) is 22.2 Å². The van der Waals surface area contributed by atoms with Gasteiger partial charge in [0.2, 0.25) is 5.91 Å². The third-order valence-corrected chi connectivity index (χ3v) is 6.19. The van der Waals surface area contributed by atoms with Gasteiger partial charge in [-0.1, -0.05) is 19.1 Å². The van der Waals surface area contributed by atoms with Crippen LogP contribution < -0.4 is 14.8 Å². The van der Waals surface area contributed by atoms with Crippen LogP contribution in [0.5, 0.6) is 11.5 Å². The molecular formula is C23H23IN2O5S. The molecule has 0 atom stereocenters. The first kappa shape index (κ1) is 24.1. The van der Waals surface area contributed by atoms with Gasteiger partial charge in [-0.2, -0.15) is 0 Å². The minimum atomic E-state index is -0.500. The van der Waals surface area contributed by atoms with Gasteiger partial charge < -0.3 is 14.8 Å². The molecule has 1 N–H and O–H groups in total. The van der Waals surface area contributed by atoms with Crippen LogP contribution >= 0.6 is 34.4 Å². The summed E-state index contributed by atoms with van der Waals surface area (Å²) in [5.74, 6) is 0.258. The molecule has 3 rings (SSSR count). The number of nitrogens with one attached hydrogen (secondary N) is 1. The van der Waals surface area contributed by atoms with E-state index in [4.69, 9.17) is 9.47 Å². The van der Waals surface area contributed by atoms with Gasteiger partial charge in [-0.3, -0.25) is 19.3 Å². The van der Waals surface area contributed by atoms with E-state index in [1.54, 1.807) is 25.3 Å². The molecule has 0 radical (unpaired) electrons. The molecule has 0 unspecified atom stereocenters. The number of hydrogen-bond acceptors (Lipinski definition) is 6. The van der Waals surface area contributed by atoms with Gasteiger partial charge >= 0.3 is 0 Å². The molecular weight excluding hydrogens is 543 g/mol. The second-order valence-electron chi connectivity index (χ2n) is 7.07. The first-order valence-corrected chi connectivity index (χ1v) is 11.8. The number of imide groups is 1. The van der Waals surface area contributed by atoms with Crippen LogP contribution in [0.1, 0.15) is 24.5 Å². The number of benzene rings is 2. The zero-order chi connectivity index (χ0) is 23.3. The lowest BCUT2D eigenvalue weighted by molar-refractivity contribution is -0.127. The Bertz CT molecular complexity index is 1090. The van der Waals surface area contributed by atoms with Crippen LogP contribution in [0, 0.1) is 10.5 Å². The van der Waals surface area contributed by atoms with E-state index in [2.05, 4.69) is 27.9 Å². The Kier molecular flexibility index (Phi) is 8.19. The summed E-state index contributed by atoms with van der Waals surface area (Å²) in [6, 6.07) is 10.9. The highest BCUT2D eigenvalue weighted by Gasteiger charge is 2.36. The zero-order valence-corrected chi connectivity index (χ0v) is 20.9. The van der Waals surface area contributed by atoms with Crippen molar-refractivity contribution in [2.45, 2.75) is 20.3 Å². The SMILES string of the molecule is CCCOc1c(I)cc(/C=C2\SC(=O)N(CC(=O)Nc3cccc(C)c3)C2=O)cc1OC. The fraction of sp³-hybridized carbons (Fsp3) is 0.261. The third kappa shape index (κ3) is 5.83. The number of aryl methyl sites for hydroxylation is 1. The monoisotopic (exact) mass is 566 g/mol. The topological polar surface area (TPSA) is 84.9 Å². The third-order valence-electron chi connectivity index (χ3n) is 4.48. The van der Waals surface area contributed by atoms with Crippen LogP contribution in [0.4, 0.5) is 10.5 Å². The molecule has 32 heavy (non-hydrogen) atoms. The molecule has 168 valence electrons. The largest absolute Gasteiger partial charge is 0.493 e. The van der Waals surface area contributed by atoms with Gasteiger partial charge in [0.15, 0.2) is 11.5 Å². The molecule has 1 heterocycles. The number of rotatable bonds is 8. The molecule has 2 aromatic rings. The number of nitrogens with zero attached hydrogens (tertiary/aromatic N) is 1. The Morgan fingerprint density at radius 3 is 2.72 bits per heavy atom. The highest BCUT2D eigenvalue weighted by Crippen LogP contribution is 2.37. The number of amides is 3. The molecule has 0 aromatic heterocycles. The second-order valence-corrected chi connectivity index (χ2v) is 9.22. The first-order chi connectivity index (χ1) is 15.3. The van der Waals surface area contributed by atoms with Crippen molar-refractivity contribution in [3.05, 3.63) is 56.0 Å². The molecule has 9 heteroatoms. The van der Waals surface area contributed by atoms with Gasteiger partial charge in [0.25, 0.3) is 11.1 Å². The van der Waals surface area contributed by atoms with Crippen LogP contribution in [0.2, 0.25) is 0 Å². The molecule has 1 aliphatic heterocycles. The maximum absolute atomic E-state index is 12.8. The molecule has 0 aliphatic carbocycles. The molecule has 1 fully saturated rings. The summed E-state index contributed by atoms with van der Waals surface area (Å²) in [5.41, 5.74) is 2.31. The summed E-state index contributed by atoms with van der Waals surface area (Å²) in [5, 5.41) is 2.23. The van der Waals surface area contributed by atoms with Crippen molar-refractivity contribution in [2.75, 3.05) is 25.6 Å². The fourth-order valence-electron chi connectivity index (χ4n) is 3.02. The number of carbonyl (C=O) groups is 3. The lowest BCUT2D eigenvalue weighted by atomic mass is 10.2. The average Bonchev–Trinajstić information content (AvgIpc) is 3.00. The van der Waals surface area contributed by atoms with E-state index in [9.17, 15) is 14.4 Å². The van der Waals surface area contributed by atoms with E-state index in [-0.39, 0.29) is 11.4 Å². The van der Waals surface area contributed by atoms with E-state index in [0.29, 0.717) is 29.4 Å². The van der Waals surface area contributed by atoms with Crippen molar-refractivity contribution in [3.63, 3.8) is 0 Å². The first-order valence-electron chi connectivity index (χ1n) is 9.94. The van der Waals surface area contributed by atoms with E-state index >= 15 is 0 Å². The van der Waals surface area contributed by atoms with E-state index in [1.165, 1.54) is 0 Å². The lowest BCUT2D eigenvalue weighted by Gasteiger charge is -2.13. The van der Waals surface area contributed by atoms with Crippen LogP contribution in [0.3, 0.4) is 0 Å². The van der Waals surface area contributed by atoms with Crippen molar-refractivity contribution < 1.29 is 23.9 Å². The summed E-state index contributed by atoms with van der Waals surface area (Å²) < 4.78 is 12.0. The molecule has 2 aromatic carbocycles. The number of halogens is 1. The molecule has 1 saturated heterocycles. The van der Waals surface area contributed by atoms with Crippen LogP contribution in [0.25, 0.3) is 6.08 Å². The van der Waals surface area contributed by atoms with Gasteiger partial charge in [0.1, 0.15) is 6.54 Å². The average molecular weight is 566 g/mol. The Balaban J connectivity index is 1.75. The Labute approximate surface area is 204 Å². The highest BCUT2D eigenvalue weighted by atomic mass is 127. The number of ether oxygens (including phenoxy) is 2. The molecule has 3 amide bonds. The van der Waals surface area contributed by atoms with Crippen molar-refractivity contribution in [2.24, 2.45) is 0 Å². The Hall–Kier alpha value is -2.53. The molecule has 7 nitrogen and oxygen atoms in total. The predicted molar refractivity (Wildman–Crippen MR) is 134 cm³/mol. The van der Waals surface area contributed by atoms with Crippen molar-refractivity contribution in [3.8, 4) is 11.5 Å². The zero-order valence-electron chi connectivity index (χ0n) is 17.9. The fourth-order valence-corrected chi connectivity index (χ4v) is 4.64. The predicted octanol–water partition coefficient (Wildman–Crippen LogP) is 5.07. The maximum atomic E-state index is 12.8. The van der Waals surface area contributed by atoms with Gasteiger partial charge in [-0.05, 0) is 89.2 Å². The summed E-state index contributed by atoms with van der Waals surface area (Å²) in [7, 11) is 1.55. The summed E-state index contributed by atoms with van der Waals surface area (Å²) in [6.07, 6.45) is 2.49. The van der Waals surface area contributed by atoms with E-state index in [1.807, 2.05) is 38.1 Å². The maximum Gasteiger partial charge on any atom is 0.294 e. The van der Waals surface area contributed by atoms with Gasteiger partial charge in [0, 0.05) is 5.69 Å². The Morgan fingerprint density at radius 2 is 2.03 bits per heavy atom. The van der Waals surface area contributed by atoms with E-state index in [0.717, 1.165) is 32.2 Å². The number of thioether (sulfide) groups is 1. The highest BCUT2D eigenvalue weighted by molar-refractivity contribution is 14.1. The van der Waals surface area contributed by atoms with Crippen LogP contribution in [0.15, 0.2) is 41.3 Å². The number of carbonyl (C=O) groups excluding carboxylic acids is 3. The minimum Gasteiger partial charge on any atom is -0.493 e. The van der Waals surface area contributed by atoms with Crippen molar-refractivity contribution in [1.82, 2.24) is 4.90 Å². The van der Waals surface area contributed by atoms with E-state index < -0.39 is 17.1 Å². The van der Waals surface area contributed by atoms with Crippen molar-refractivity contribution >= 4 is 63.2 Å². The molecule has 1 aliphatic rings. The number of methoxy groups -OCH3 is 1. The number of anilines is 1. The minimum absolute atomic E-state index is 0.249. The quantitative estimate of drug-likeness (QED) is 0.355. The van der Waals surface area contributed by atoms with Crippen LogP contribution in [-0.2, 0) is 9.59 Å². The number of hydrogen-bond donors (Lipinski definition) is 1. The van der Waals surface area contributed by atoms with Gasteiger partial charge in [-0.15, -0.1) is 0 Å². The smallest absolute Gasteiger partial charge is 0.294 e. The normalized spacial score (nSPS) is 14.8. The lowest BCUT2D eigenvalue weighted by Crippen LogP contribution is -2.36. The van der Waals surface area contributed by atoms with Crippen LogP contribution in [-0.4, -0.2) is 42.2 Å². The summed E-state index contributed by atoms with van der Waals surface area (Å²) >= 11 is 2.96. The van der Waals surface area contributed by atoms with Gasteiger partial charge in [-0.25, -0.2) is 0 Å². The molecule has 0 spiro atoms. The standard InChI is InChI=1S/C23H23IN2O5S/c1-4-8-31-21-17(24)10-15(11-18(21)30-3)12-19-22(28)26(23(29)32-19)13-20(27)25-16-7-5-6-14(2)9-16/h5-7,9-12H,4,8,13H2,1-3H3,(H,25,27)/b19-12-. The van der Waals surface area contributed by atoms with Crippen molar-refractivity contribution in [1.29, 1.82) is 0 Å². The molecule has 0 saturated carbocycles. The Morgan fingerprint density at radius 1 is 1.25 bits per heavy atom. The summed E-state index contributed by atoms with van der Waals surface area (Å²) in [6.45, 7) is 4.15. The molecule has 0 bridgehead atoms. The summed E-state index contributed by atoms with van der Waals surface area (Å²) in [4.78, 5) is 38.7. The second kappa shape index (κ2) is 10.9.